The molecule has 2 aromatic carbocycles. The number of ether oxygens (including phenoxy) is 1. The number of carbonyl (C=O) groups is 1. The van der Waals surface area contributed by atoms with Crippen LogP contribution < -0.4 is 14.4 Å². The SMILES string of the molecule is CC[C@@H]1CC/C=C\[C@H](O)[C@@H]2CC[C@H]2CN2C[C@@]3(CCCc4cc(Cl)ccc43)COc3cc(F)c(cc32)C(=O)NS1(=O)=O. The van der Waals surface area contributed by atoms with E-state index in [1.165, 1.54) is 23.3 Å². The number of halogens is 2. The number of fused-ring (bicyclic) bond motifs is 4. The van der Waals surface area contributed by atoms with Crippen LogP contribution in [0.4, 0.5) is 10.1 Å². The third-order valence-corrected chi connectivity index (χ3v) is 12.0. The van der Waals surface area contributed by atoms with Gasteiger partial charge >= 0.3 is 0 Å². The van der Waals surface area contributed by atoms with Crippen molar-refractivity contribution in [1.29, 1.82) is 0 Å². The monoisotopic (exact) mass is 616 g/mol. The zero-order chi connectivity index (χ0) is 29.6. The highest BCUT2D eigenvalue weighted by molar-refractivity contribution is 7.90. The molecule has 2 aliphatic carbocycles. The number of rotatable bonds is 1. The molecule has 2 aliphatic heterocycles. The van der Waals surface area contributed by atoms with Crippen molar-refractivity contribution in [2.24, 2.45) is 11.8 Å². The van der Waals surface area contributed by atoms with E-state index in [0.29, 0.717) is 55.4 Å². The number of benzene rings is 2. The number of amides is 1. The molecule has 0 unspecified atom stereocenters. The van der Waals surface area contributed by atoms with Crippen LogP contribution in [0.3, 0.4) is 0 Å². The first-order valence-corrected chi connectivity index (χ1v) is 16.9. The van der Waals surface area contributed by atoms with Crippen LogP contribution in [0.5, 0.6) is 5.75 Å². The Kier molecular flexibility index (Phi) is 8.04. The first-order valence-electron chi connectivity index (χ1n) is 15.0. The number of aliphatic hydroxyl groups is 1. The Morgan fingerprint density at radius 2 is 2.05 bits per heavy atom. The molecule has 10 heteroatoms. The lowest BCUT2D eigenvalue weighted by molar-refractivity contribution is 0.0456. The minimum Gasteiger partial charge on any atom is -0.490 e. The van der Waals surface area contributed by atoms with Gasteiger partial charge in [0, 0.05) is 29.6 Å². The molecular formula is C32H38ClFN2O5S. The lowest BCUT2D eigenvalue weighted by Crippen LogP contribution is -2.49. The molecule has 7 nitrogen and oxygen atoms in total. The number of aliphatic hydroxyl groups excluding tert-OH is 1. The third kappa shape index (κ3) is 5.44. The van der Waals surface area contributed by atoms with Gasteiger partial charge in [0.1, 0.15) is 11.6 Å². The van der Waals surface area contributed by atoms with E-state index in [0.717, 1.165) is 32.1 Å². The largest absolute Gasteiger partial charge is 0.490 e. The minimum absolute atomic E-state index is 0.0594. The van der Waals surface area contributed by atoms with Crippen molar-refractivity contribution in [3.05, 3.63) is 70.0 Å². The molecule has 42 heavy (non-hydrogen) atoms. The van der Waals surface area contributed by atoms with E-state index in [1.807, 2.05) is 18.2 Å². The second-order valence-corrected chi connectivity index (χ2v) is 14.8. The van der Waals surface area contributed by atoms with Gasteiger partial charge in [-0.15, -0.1) is 0 Å². The van der Waals surface area contributed by atoms with Crippen LogP contribution >= 0.6 is 11.6 Å². The molecule has 0 radical (unpaired) electrons. The number of carbonyl (C=O) groups excluding carboxylic acids is 1. The summed E-state index contributed by atoms with van der Waals surface area (Å²) in [7, 11) is -4.06. The molecule has 6 rings (SSSR count). The molecular weight excluding hydrogens is 579 g/mol. The summed E-state index contributed by atoms with van der Waals surface area (Å²) in [4.78, 5) is 15.5. The number of hydrogen-bond donors (Lipinski definition) is 2. The highest BCUT2D eigenvalue weighted by Gasteiger charge is 2.44. The lowest BCUT2D eigenvalue weighted by atomic mass is 9.68. The van der Waals surface area contributed by atoms with E-state index in [4.69, 9.17) is 16.3 Å². The average Bonchev–Trinajstić information content (AvgIpc) is 3.06. The molecule has 2 aromatic rings. The summed E-state index contributed by atoms with van der Waals surface area (Å²) >= 11 is 6.35. The average molecular weight is 617 g/mol. The number of nitrogens with zero attached hydrogens (tertiary/aromatic N) is 1. The molecule has 0 saturated heterocycles. The molecule has 5 atom stereocenters. The molecule has 226 valence electrons. The molecule has 1 saturated carbocycles. The second-order valence-electron chi connectivity index (χ2n) is 12.4. The Morgan fingerprint density at radius 1 is 1.21 bits per heavy atom. The van der Waals surface area contributed by atoms with E-state index in [1.54, 1.807) is 13.0 Å². The number of nitrogens with one attached hydrogen (secondary N) is 1. The topological polar surface area (TPSA) is 95.9 Å². The fourth-order valence-corrected chi connectivity index (χ4v) is 8.98. The summed E-state index contributed by atoms with van der Waals surface area (Å²) in [6.07, 6.45) is 8.62. The van der Waals surface area contributed by atoms with Crippen LogP contribution in [0.1, 0.15) is 73.4 Å². The highest BCUT2D eigenvalue weighted by Crippen LogP contribution is 2.47. The Labute approximate surface area is 252 Å². The number of allylic oxidation sites excluding steroid dienone is 1. The molecule has 2 heterocycles. The molecule has 2 bridgehead atoms. The maximum absolute atomic E-state index is 15.5. The van der Waals surface area contributed by atoms with E-state index >= 15 is 4.39 Å². The van der Waals surface area contributed by atoms with Crippen LogP contribution in [0, 0.1) is 17.7 Å². The Hall–Kier alpha value is -2.62. The van der Waals surface area contributed by atoms with Crippen molar-refractivity contribution in [3.8, 4) is 5.75 Å². The quantitative estimate of drug-likeness (QED) is 0.409. The predicted octanol–water partition coefficient (Wildman–Crippen LogP) is 5.53. The number of hydrogen-bond acceptors (Lipinski definition) is 6. The van der Waals surface area contributed by atoms with Gasteiger partial charge in [-0.25, -0.2) is 17.5 Å². The zero-order valence-electron chi connectivity index (χ0n) is 23.8. The standard InChI is InChI=1S/C32H38ClFN2O5S/c1-2-23-7-3-4-8-29(37)24-11-9-21(24)17-36-18-32(13-5-6-20-14-22(33)10-12-26(20)32)19-41-30-16-27(34)25(15-28(30)36)31(38)35-42(23,39)40/h4,8,10,12,14-16,21,23-24,29,37H,2-3,5-7,9,11,13,17-19H2,1H3,(H,35,38)/b8-4-/t21-,23+,24+,29-,32-/m0/s1. The van der Waals surface area contributed by atoms with Crippen molar-refractivity contribution in [3.63, 3.8) is 0 Å². The number of anilines is 1. The van der Waals surface area contributed by atoms with Gasteiger partial charge in [-0.2, -0.15) is 0 Å². The normalized spacial score (nSPS) is 31.5. The van der Waals surface area contributed by atoms with Gasteiger partial charge in [0.15, 0.2) is 0 Å². The van der Waals surface area contributed by atoms with Crippen molar-refractivity contribution < 1.29 is 27.4 Å². The summed E-state index contributed by atoms with van der Waals surface area (Å²) in [5, 5.41) is 10.9. The van der Waals surface area contributed by atoms with Gasteiger partial charge in [-0.1, -0.05) is 36.7 Å². The first-order chi connectivity index (χ1) is 20.1. The summed E-state index contributed by atoms with van der Waals surface area (Å²) in [6, 6.07) is 8.64. The zero-order valence-corrected chi connectivity index (χ0v) is 25.4. The highest BCUT2D eigenvalue weighted by atomic mass is 35.5. The van der Waals surface area contributed by atoms with Gasteiger partial charge < -0.3 is 14.7 Å². The maximum atomic E-state index is 15.5. The maximum Gasteiger partial charge on any atom is 0.267 e. The van der Waals surface area contributed by atoms with E-state index in [2.05, 4.69) is 15.7 Å². The van der Waals surface area contributed by atoms with Crippen LogP contribution in [-0.4, -0.2) is 50.5 Å². The molecule has 1 spiro atoms. The smallest absolute Gasteiger partial charge is 0.267 e. The van der Waals surface area contributed by atoms with Gasteiger partial charge in [0.05, 0.1) is 29.2 Å². The summed E-state index contributed by atoms with van der Waals surface area (Å²) in [5.41, 5.74) is 2.20. The van der Waals surface area contributed by atoms with Gasteiger partial charge in [-0.05, 0) is 92.5 Å². The second kappa shape index (κ2) is 11.5. The molecule has 2 N–H and O–H groups in total. The van der Waals surface area contributed by atoms with Crippen LogP contribution in [0.15, 0.2) is 42.5 Å². The summed E-state index contributed by atoms with van der Waals surface area (Å²) in [6.45, 7) is 3.25. The Bertz CT molecular complexity index is 1510. The van der Waals surface area contributed by atoms with Gasteiger partial charge in [-0.3, -0.25) is 4.79 Å². The summed E-state index contributed by atoms with van der Waals surface area (Å²) < 4.78 is 50.3. The molecule has 0 aromatic heterocycles. The predicted molar refractivity (Wildman–Crippen MR) is 161 cm³/mol. The molecule has 1 amide bonds. The van der Waals surface area contributed by atoms with Gasteiger partial charge in [0.25, 0.3) is 5.91 Å². The number of aryl methyl sites for hydroxylation is 1. The van der Waals surface area contributed by atoms with Crippen LogP contribution in [0.25, 0.3) is 0 Å². The van der Waals surface area contributed by atoms with Crippen LogP contribution in [0.2, 0.25) is 5.02 Å². The Morgan fingerprint density at radius 3 is 2.81 bits per heavy atom. The van der Waals surface area contributed by atoms with Crippen molar-refractivity contribution in [2.45, 2.75) is 75.1 Å². The molecule has 1 fully saturated rings. The summed E-state index contributed by atoms with van der Waals surface area (Å²) in [5.74, 6) is -1.23. The lowest BCUT2D eigenvalue weighted by Gasteiger charge is -2.45. The van der Waals surface area contributed by atoms with E-state index < -0.39 is 33.1 Å². The van der Waals surface area contributed by atoms with Crippen molar-refractivity contribution in [1.82, 2.24) is 4.72 Å². The van der Waals surface area contributed by atoms with E-state index in [9.17, 15) is 18.3 Å². The minimum atomic E-state index is -4.06. The van der Waals surface area contributed by atoms with Crippen molar-refractivity contribution >= 4 is 33.2 Å². The van der Waals surface area contributed by atoms with E-state index in [-0.39, 0.29) is 22.8 Å². The van der Waals surface area contributed by atoms with Crippen LogP contribution in [-0.2, 0) is 21.9 Å². The Balaban J connectivity index is 1.45. The van der Waals surface area contributed by atoms with Crippen molar-refractivity contribution in [2.75, 3.05) is 24.6 Å². The fourth-order valence-electron chi connectivity index (χ4n) is 7.37. The number of sulfonamides is 1. The first kappa shape index (κ1) is 29.5. The molecule has 4 aliphatic rings. The van der Waals surface area contributed by atoms with Gasteiger partial charge in [0.2, 0.25) is 10.0 Å². The third-order valence-electron chi connectivity index (χ3n) is 9.86. The fraction of sp³-hybridized carbons (Fsp3) is 0.531.